The van der Waals surface area contributed by atoms with Crippen molar-refractivity contribution in [2.45, 2.75) is 12.5 Å². The lowest BCUT2D eigenvalue weighted by Crippen LogP contribution is -2.61. The molecule has 0 radical (unpaired) electrons. The summed E-state index contributed by atoms with van der Waals surface area (Å²) in [5.41, 5.74) is 5.86. The SMILES string of the molecule is CS(=O)N1CC2CC(C1)C2N. The van der Waals surface area contributed by atoms with Gasteiger partial charge in [-0.2, -0.15) is 0 Å². The van der Waals surface area contributed by atoms with Gasteiger partial charge in [-0.3, -0.25) is 0 Å². The molecule has 2 heterocycles. The van der Waals surface area contributed by atoms with Crippen LogP contribution >= 0.6 is 0 Å². The van der Waals surface area contributed by atoms with Gasteiger partial charge in [0.05, 0.1) is 11.0 Å². The van der Waals surface area contributed by atoms with Crippen molar-refractivity contribution in [3.8, 4) is 0 Å². The highest BCUT2D eigenvalue weighted by Crippen LogP contribution is 2.38. The van der Waals surface area contributed by atoms with Crippen molar-refractivity contribution in [1.82, 2.24) is 4.31 Å². The second-order valence-electron chi connectivity index (χ2n) is 3.60. The molecule has 3 fully saturated rings. The fourth-order valence-electron chi connectivity index (χ4n) is 2.09. The van der Waals surface area contributed by atoms with Gasteiger partial charge in [0.2, 0.25) is 0 Å². The van der Waals surface area contributed by atoms with Crippen LogP contribution in [0.4, 0.5) is 0 Å². The number of nitrogens with zero attached hydrogens (tertiary/aromatic N) is 1. The molecule has 0 aromatic carbocycles. The smallest absolute Gasteiger partial charge is 0.0910 e. The van der Waals surface area contributed by atoms with Crippen molar-refractivity contribution < 1.29 is 4.21 Å². The molecule has 3 unspecified atom stereocenters. The highest BCUT2D eigenvalue weighted by atomic mass is 32.2. The Balaban J connectivity index is 1.99. The standard InChI is InChI=1S/C7H14N2OS/c1-11(10)9-3-5-2-6(4-9)7(5)8/h5-7H,2-4,8H2,1H3. The fourth-order valence-corrected chi connectivity index (χ4v) is 2.90. The van der Waals surface area contributed by atoms with Crippen molar-refractivity contribution in [2.24, 2.45) is 17.6 Å². The molecule has 3 atom stereocenters. The van der Waals surface area contributed by atoms with Gasteiger partial charge in [0.1, 0.15) is 0 Å². The molecule has 0 spiro atoms. The molecule has 0 aromatic heterocycles. The summed E-state index contributed by atoms with van der Waals surface area (Å²) in [5, 5.41) is 0. The number of piperidine rings is 2. The molecule has 64 valence electrons. The summed E-state index contributed by atoms with van der Waals surface area (Å²) >= 11 is 0. The van der Waals surface area contributed by atoms with E-state index in [1.165, 1.54) is 6.42 Å². The van der Waals surface area contributed by atoms with Crippen LogP contribution in [0.5, 0.6) is 0 Å². The van der Waals surface area contributed by atoms with Gasteiger partial charge in [-0.05, 0) is 18.3 Å². The fraction of sp³-hybridized carbons (Fsp3) is 1.00. The Kier molecular flexibility index (Phi) is 1.78. The first-order valence-electron chi connectivity index (χ1n) is 4.02. The molecule has 0 amide bonds. The minimum absolute atomic E-state index is 0.398. The Labute approximate surface area is 69.5 Å². The Bertz CT molecular complexity index is 185. The lowest BCUT2D eigenvalue weighted by molar-refractivity contribution is 0.0486. The van der Waals surface area contributed by atoms with E-state index < -0.39 is 11.0 Å². The maximum atomic E-state index is 11.1. The first kappa shape index (κ1) is 7.71. The van der Waals surface area contributed by atoms with Gasteiger partial charge in [-0.25, -0.2) is 8.51 Å². The Morgan fingerprint density at radius 2 is 2.00 bits per heavy atom. The molecule has 4 heteroatoms. The van der Waals surface area contributed by atoms with Crippen LogP contribution in [0.3, 0.4) is 0 Å². The van der Waals surface area contributed by atoms with Crippen LogP contribution < -0.4 is 5.73 Å². The molecule has 2 aliphatic heterocycles. The number of hydrogen-bond donors (Lipinski definition) is 1. The average molecular weight is 174 g/mol. The molecule has 2 N–H and O–H groups in total. The summed E-state index contributed by atoms with van der Waals surface area (Å²) in [6, 6.07) is 0.398. The number of fused-ring (bicyclic) bond motifs is 2. The van der Waals surface area contributed by atoms with Crippen LogP contribution in [0.2, 0.25) is 0 Å². The van der Waals surface area contributed by atoms with Crippen molar-refractivity contribution in [1.29, 1.82) is 0 Å². The van der Waals surface area contributed by atoms with Crippen LogP contribution in [-0.4, -0.2) is 33.9 Å². The molecule has 3 aliphatic rings. The molecule has 2 saturated heterocycles. The maximum absolute atomic E-state index is 11.1. The van der Waals surface area contributed by atoms with Crippen molar-refractivity contribution in [3.63, 3.8) is 0 Å². The van der Waals surface area contributed by atoms with Gasteiger partial charge >= 0.3 is 0 Å². The third-order valence-corrected chi connectivity index (χ3v) is 3.96. The van der Waals surface area contributed by atoms with Crippen LogP contribution in [0.1, 0.15) is 6.42 Å². The van der Waals surface area contributed by atoms with E-state index in [9.17, 15) is 4.21 Å². The molecule has 3 nitrogen and oxygen atoms in total. The van der Waals surface area contributed by atoms with Gasteiger partial charge in [0.15, 0.2) is 0 Å². The van der Waals surface area contributed by atoms with Crippen molar-refractivity contribution in [3.05, 3.63) is 0 Å². The van der Waals surface area contributed by atoms with Gasteiger partial charge in [0, 0.05) is 25.4 Å². The summed E-state index contributed by atoms with van der Waals surface area (Å²) in [5.74, 6) is 1.25. The topological polar surface area (TPSA) is 46.3 Å². The second-order valence-corrected chi connectivity index (χ2v) is 4.97. The van der Waals surface area contributed by atoms with Gasteiger partial charge in [-0.15, -0.1) is 0 Å². The molecule has 11 heavy (non-hydrogen) atoms. The minimum Gasteiger partial charge on any atom is -0.327 e. The zero-order chi connectivity index (χ0) is 8.01. The number of hydrogen-bond acceptors (Lipinski definition) is 2. The van der Waals surface area contributed by atoms with Crippen molar-refractivity contribution in [2.75, 3.05) is 19.3 Å². The van der Waals surface area contributed by atoms with E-state index in [0.29, 0.717) is 17.9 Å². The summed E-state index contributed by atoms with van der Waals surface area (Å²) in [6.07, 6.45) is 3.01. The minimum atomic E-state index is -0.779. The third kappa shape index (κ3) is 1.13. The summed E-state index contributed by atoms with van der Waals surface area (Å²) < 4.78 is 13.1. The van der Waals surface area contributed by atoms with E-state index in [4.69, 9.17) is 5.73 Å². The highest BCUT2D eigenvalue weighted by Gasteiger charge is 2.45. The Morgan fingerprint density at radius 1 is 1.45 bits per heavy atom. The Hall–Kier alpha value is 0.0700. The lowest BCUT2D eigenvalue weighted by Gasteiger charge is -2.51. The molecule has 0 aromatic rings. The van der Waals surface area contributed by atoms with Gasteiger partial charge in [-0.1, -0.05) is 0 Å². The van der Waals surface area contributed by atoms with Crippen LogP contribution in [0, 0.1) is 11.8 Å². The quantitative estimate of drug-likeness (QED) is 0.586. The van der Waals surface area contributed by atoms with E-state index in [2.05, 4.69) is 0 Å². The largest absolute Gasteiger partial charge is 0.327 e. The van der Waals surface area contributed by atoms with E-state index in [0.717, 1.165) is 13.1 Å². The Morgan fingerprint density at radius 3 is 2.36 bits per heavy atom. The number of rotatable bonds is 1. The molecule has 1 saturated carbocycles. The summed E-state index contributed by atoms with van der Waals surface area (Å²) in [6.45, 7) is 1.89. The van der Waals surface area contributed by atoms with E-state index in [1.54, 1.807) is 6.26 Å². The van der Waals surface area contributed by atoms with E-state index in [1.807, 2.05) is 4.31 Å². The second kappa shape index (κ2) is 2.54. The van der Waals surface area contributed by atoms with Crippen molar-refractivity contribution >= 4 is 11.0 Å². The van der Waals surface area contributed by atoms with Crippen LogP contribution in [0.15, 0.2) is 0 Å². The summed E-state index contributed by atoms with van der Waals surface area (Å²) in [7, 11) is -0.779. The number of nitrogens with two attached hydrogens (primary N) is 1. The zero-order valence-electron chi connectivity index (χ0n) is 6.69. The zero-order valence-corrected chi connectivity index (χ0v) is 7.51. The average Bonchev–Trinajstić information content (AvgIpc) is 2.03. The lowest BCUT2D eigenvalue weighted by atomic mass is 9.67. The predicted molar refractivity (Wildman–Crippen MR) is 45.2 cm³/mol. The van der Waals surface area contributed by atoms with E-state index >= 15 is 0 Å². The van der Waals surface area contributed by atoms with Gasteiger partial charge < -0.3 is 5.73 Å². The van der Waals surface area contributed by atoms with Gasteiger partial charge in [0.25, 0.3) is 0 Å². The first-order chi connectivity index (χ1) is 5.18. The molecular formula is C7H14N2OS. The predicted octanol–water partition coefficient (Wildman–Crippen LogP) is -0.441. The molecule has 1 aliphatic carbocycles. The molecule has 2 bridgehead atoms. The van der Waals surface area contributed by atoms with Crippen LogP contribution in [0.25, 0.3) is 0 Å². The molecule has 3 rings (SSSR count). The third-order valence-electron chi connectivity index (χ3n) is 2.93. The normalized spacial score (nSPS) is 46.5. The maximum Gasteiger partial charge on any atom is 0.0910 e. The highest BCUT2D eigenvalue weighted by molar-refractivity contribution is 7.81. The van der Waals surface area contributed by atoms with Crippen LogP contribution in [-0.2, 0) is 11.0 Å². The first-order valence-corrected chi connectivity index (χ1v) is 5.54. The molecular weight excluding hydrogens is 160 g/mol. The van der Waals surface area contributed by atoms with E-state index in [-0.39, 0.29) is 0 Å². The monoisotopic (exact) mass is 174 g/mol. The summed E-state index contributed by atoms with van der Waals surface area (Å²) in [4.78, 5) is 0.